The number of β-amino-alcohol motifs (C(OH)–C–C–N with tert-alkyl or cyclic N) is 1. The van der Waals surface area contributed by atoms with E-state index >= 15 is 0 Å². The number of rotatable bonds is 4. The van der Waals surface area contributed by atoms with Gasteiger partial charge in [-0.3, -0.25) is 9.69 Å². The van der Waals surface area contributed by atoms with Gasteiger partial charge in [-0.25, -0.2) is 4.98 Å². The number of aliphatic hydroxyl groups excluding tert-OH is 1. The molecule has 3 rings (SSSR count). The summed E-state index contributed by atoms with van der Waals surface area (Å²) >= 11 is 0. The van der Waals surface area contributed by atoms with Crippen LogP contribution in [0.3, 0.4) is 0 Å². The van der Waals surface area contributed by atoms with E-state index in [4.69, 9.17) is 0 Å². The molecule has 0 aromatic carbocycles. The maximum absolute atomic E-state index is 12.5. The number of nitrogens with zero attached hydrogens (tertiary/aromatic N) is 2. The van der Waals surface area contributed by atoms with Gasteiger partial charge in [0.1, 0.15) is 5.69 Å². The van der Waals surface area contributed by atoms with E-state index < -0.39 is 0 Å². The van der Waals surface area contributed by atoms with Crippen LogP contribution in [0.25, 0.3) is 0 Å². The molecule has 2 fully saturated rings. The minimum Gasteiger partial charge on any atom is -0.392 e. The lowest BCUT2D eigenvalue weighted by molar-refractivity contribution is 0.0900. The van der Waals surface area contributed by atoms with Gasteiger partial charge in [0.2, 0.25) is 0 Å². The van der Waals surface area contributed by atoms with Crippen LogP contribution in [-0.4, -0.2) is 52.2 Å². The molecule has 1 amide bonds. The summed E-state index contributed by atoms with van der Waals surface area (Å²) in [6.45, 7) is 3.71. The highest BCUT2D eigenvalue weighted by molar-refractivity contribution is 5.92. The molecule has 1 saturated heterocycles. The molecule has 1 unspecified atom stereocenters. The van der Waals surface area contributed by atoms with Crippen molar-refractivity contribution >= 4 is 5.91 Å². The average molecular weight is 303 g/mol. The third-order valence-electron chi connectivity index (χ3n) is 4.86. The lowest BCUT2D eigenvalue weighted by atomic mass is 10.1. The fraction of sp³-hybridized carbons (Fsp3) is 0.647. The summed E-state index contributed by atoms with van der Waals surface area (Å²) in [5.74, 6) is -0.0769. The van der Waals surface area contributed by atoms with Gasteiger partial charge in [0.25, 0.3) is 5.91 Å². The van der Waals surface area contributed by atoms with Crippen LogP contribution in [0, 0.1) is 0 Å². The lowest BCUT2D eigenvalue weighted by Gasteiger charge is -2.29. The predicted molar refractivity (Wildman–Crippen MR) is 84.7 cm³/mol. The van der Waals surface area contributed by atoms with Crippen LogP contribution >= 0.6 is 0 Å². The number of carbonyl (C=O) groups excluding carboxylic acids is 1. The van der Waals surface area contributed by atoms with E-state index in [0.29, 0.717) is 11.7 Å². The molecule has 1 aromatic heterocycles. The molecule has 0 spiro atoms. The van der Waals surface area contributed by atoms with Crippen molar-refractivity contribution in [3.63, 3.8) is 0 Å². The number of carbonyl (C=O) groups is 1. The van der Waals surface area contributed by atoms with Crippen molar-refractivity contribution in [2.45, 2.75) is 57.2 Å². The molecule has 5 heteroatoms. The number of hydrogen-bond donors (Lipinski definition) is 2. The second-order valence-corrected chi connectivity index (χ2v) is 6.38. The van der Waals surface area contributed by atoms with Crippen molar-refractivity contribution in [2.24, 2.45) is 0 Å². The summed E-state index contributed by atoms with van der Waals surface area (Å²) in [6, 6.07) is 6.14. The Morgan fingerprint density at radius 2 is 2.27 bits per heavy atom. The molecule has 2 N–H and O–H groups in total. The first-order chi connectivity index (χ1) is 10.7. The zero-order valence-corrected chi connectivity index (χ0v) is 13.2. The largest absolute Gasteiger partial charge is 0.392 e. The van der Waals surface area contributed by atoms with E-state index in [1.165, 1.54) is 0 Å². The van der Waals surface area contributed by atoms with Crippen molar-refractivity contribution in [3.05, 3.63) is 29.6 Å². The average Bonchev–Trinajstić information content (AvgIpc) is 3.16. The maximum Gasteiger partial charge on any atom is 0.270 e. The fourth-order valence-electron chi connectivity index (χ4n) is 3.66. The van der Waals surface area contributed by atoms with Gasteiger partial charge in [0.15, 0.2) is 0 Å². The Balaban J connectivity index is 1.64. The van der Waals surface area contributed by atoms with Crippen molar-refractivity contribution in [3.8, 4) is 0 Å². The topological polar surface area (TPSA) is 65.5 Å². The van der Waals surface area contributed by atoms with Gasteiger partial charge in [-0.1, -0.05) is 13.0 Å². The highest BCUT2D eigenvalue weighted by Crippen LogP contribution is 2.27. The van der Waals surface area contributed by atoms with Crippen LogP contribution in [0.2, 0.25) is 0 Å². The standard InChI is InChI=1S/C17H25N3O2/c1-2-12-5-3-7-15(18-12)17(22)19-14-6-4-8-16(14)20-10-9-13(21)11-20/h3,5,7,13-14,16,21H,2,4,6,8-11H2,1H3,(H,19,22)/t13?,14-,16+/m1/s1. The minimum atomic E-state index is -0.208. The predicted octanol–water partition coefficient (Wildman–Crippen LogP) is 1.36. The Labute approximate surface area is 131 Å². The van der Waals surface area contributed by atoms with Gasteiger partial charge in [0, 0.05) is 30.9 Å². The van der Waals surface area contributed by atoms with Gasteiger partial charge in [0.05, 0.1) is 6.10 Å². The van der Waals surface area contributed by atoms with Gasteiger partial charge in [-0.15, -0.1) is 0 Å². The molecule has 1 aliphatic heterocycles. The molecular weight excluding hydrogens is 278 g/mol. The molecule has 5 nitrogen and oxygen atoms in total. The van der Waals surface area contributed by atoms with Gasteiger partial charge < -0.3 is 10.4 Å². The van der Waals surface area contributed by atoms with Crippen LogP contribution in [0.4, 0.5) is 0 Å². The molecule has 2 heterocycles. The first kappa shape index (κ1) is 15.4. The van der Waals surface area contributed by atoms with E-state index in [2.05, 4.69) is 15.2 Å². The second kappa shape index (κ2) is 6.75. The summed E-state index contributed by atoms with van der Waals surface area (Å²) in [5.41, 5.74) is 1.45. The number of hydrogen-bond acceptors (Lipinski definition) is 4. The summed E-state index contributed by atoms with van der Waals surface area (Å²) in [4.78, 5) is 19.2. The van der Waals surface area contributed by atoms with Crippen LogP contribution in [0.15, 0.2) is 18.2 Å². The Kier molecular flexibility index (Phi) is 4.74. The van der Waals surface area contributed by atoms with E-state index in [1.54, 1.807) is 6.07 Å². The second-order valence-electron chi connectivity index (χ2n) is 6.38. The van der Waals surface area contributed by atoms with Crippen LogP contribution < -0.4 is 5.32 Å². The monoisotopic (exact) mass is 303 g/mol. The van der Waals surface area contributed by atoms with Crippen LogP contribution in [0.1, 0.15) is 48.8 Å². The Hall–Kier alpha value is -1.46. The lowest BCUT2D eigenvalue weighted by Crippen LogP contribution is -2.48. The third kappa shape index (κ3) is 3.31. The number of aliphatic hydroxyl groups is 1. The molecule has 2 aliphatic rings. The Morgan fingerprint density at radius 3 is 3.00 bits per heavy atom. The van der Waals surface area contributed by atoms with Crippen LogP contribution in [0.5, 0.6) is 0 Å². The summed E-state index contributed by atoms with van der Waals surface area (Å²) in [7, 11) is 0. The van der Waals surface area contributed by atoms with Crippen molar-refractivity contribution in [1.82, 2.24) is 15.2 Å². The van der Waals surface area contributed by atoms with E-state index in [9.17, 15) is 9.90 Å². The molecule has 1 aliphatic carbocycles. The van der Waals surface area contributed by atoms with Crippen molar-refractivity contribution in [2.75, 3.05) is 13.1 Å². The minimum absolute atomic E-state index is 0.0769. The first-order valence-electron chi connectivity index (χ1n) is 8.36. The van der Waals surface area contributed by atoms with Crippen molar-refractivity contribution in [1.29, 1.82) is 0 Å². The van der Waals surface area contributed by atoms with Gasteiger partial charge in [-0.2, -0.15) is 0 Å². The first-order valence-corrected chi connectivity index (χ1v) is 8.36. The van der Waals surface area contributed by atoms with Gasteiger partial charge in [-0.05, 0) is 44.2 Å². The van der Waals surface area contributed by atoms with E-state index in [1.807, 2.05) is 19.1 Å². The summed E-state index contributed by atoms with van der Waals surface area (Å²) in [5, 5.41) is 12.9. The highest BCUT2D eigenvalue weighted by atomic mass is 16.3. The smallest absolute Gasteiger partial charge is 0.270 e. The van der Waals surface area contributed by atoms with Gasteiger partial charge >= 0.3 is 0 Å². The number of amides is 1. The number of nitrogens with one attached hydrogen (secondary N) is 1. The normalized spacial score (nSPS) is 28.9. The van der Waals surface area contributed by atoms with Crippen molar-refractivity contribution < 1.29 is 9.90 Å². The summed E-state index contributed by atoms with van der Waals surface area (Å²) in [6.07, 6.45) is 4.71. The quantitative estimate of drug-likeness (QED) is 0.881. The molecule has 3 atom stereocenters. The maximum atomic E-state index is 12.5. The number of aromatic nitrogens is 1. The Bertz CT molecular complexity index is 534. The third-order valence-corrected chi connectivity index (χ3v) is 4.86. The molecule has 22 heavy (non-hydrogen) atoms. The molecule has 1 saturated carbocycles. The fourth-order valence-corrected chi connectivity index (χ4v) is 3.66. The number of aryl methyl sites for hydroxylation is 1. The molecule has 1 aromatic rings. The number of pyridine rings is 1. The molecular formula is C17H25N3O2. The highest BCUT2D eigenvalue weighted by Gasteiger charge is 2.36. The molecule has 0 bridgehead atoms. The van der Waals surface area contributed by atoms with E-state index in [-0.39, 0.29) is 18.1 Å². The molecule has 0 radical (unpaired) electrons. The molecule has 120 valence electrons. The summed E-state index contributed by atoms with van der Waals surface area (Å²) < 4.78 is 0. The van der Waals surface area contributed by atoms with Crippen LogP contribution in [-0.2, 0) is 6.42 Å². The zero-order chi connectivity index (χ0) is 15.5. The number of likely N-dealkylation sites (tertiary alicyclic amines) is 1. The zero-order valence-electron chi connectivity index (χ0n) is 13.2. The SMILES string of the molecule is CCc1cccc(C(=O)N[C@@H]2CCC[C@@H]2N2CCC(O)C2)n1. The Morgan fingerprint density at radius 1 is 1.41 bits per heavy atom. The van der Waals surface area contributed by atoms with E-state index in [0.717, 1.165) is 50.9 Å².